The summed E-state index contributed by atoms with van der Waals surface area (Å²) in [6, 6.07) is 32.1. The molecule has 0 saturated carbocycles. The summed E-state index contributed by atoms with van der Waals surface area (Å²) in [6.07, 6.45) is 12.6. The van der Waals surface area contributed by atoms with Crippen LogP contribution in [0.3, 0.4) is 0 Å². The molecule has 0 aliphatic carbocycles. The Morgan fingerprint density at radius 1 is 0.357 bits per heavy atom. The smallest absolute Gasteiger partial charge is 0.251 e. The van der Waals surface area contributed by atoms with Crippen LogP contribution in [0.2, 0.25) is 0 Å². The number of carbonyl (C=O) groups excluding carboxylic acids is 4. The van der Waals surface area contributed by atoms with Crippen molar-refractivity contribution in [3.8, 4) is 0 Å². The number of likely N-dealkylation sites (N-methyl/N-ethyl adjacent to an activating group) is 2. The highest BCUT2D eigenvalue weighted by Gasteiger charge is 2.18. The van der Waals surface area contributed by atoms with E-state index in [0.717, 1.165) is 35.1 Å². The minimum Gasteiger partial charge on any atom is -0.346 e. The zero-order valence-corrected chi connectivity index (χ0v) is 34.2. The van der Waals surface area contributed by atoms with Crippen LogP contribution in [-0.2, 0) is 0 Å². The van der Waals surface area contributed by atoms with Crippen LogP contribution in [0.5, 0.6) is 0 Å². The molecule has 56 heavy (non-hydrogen) atoms. The second-order valence-corrected chi connectivity index (χ2v) is 16.4. The molecule has 0 heterocycles. The second-order valence-electron chi connectivity index (χ2n) is 16.4. The predicted octanol–water partition coefficient (Wildman–Crippen LogP) is 8.36. The third-order valence-corrected chi connectivity index (χ3v) is 10.7. The van der Waals surface area contributed by atoms with E-state index in [0.29, 0.717) is 46.5 Å². The molecule has 4 aromatic rings. The molecule has 8 heteroatoms. The van der Waals surface area contributed by atoms with Crippen molar-refractivity contribution in [3.63, 3.8) is 0 Å². The average Bonchev–Trinajstić information content (AvgIpc) is 3.21. The third-order valence-electron chi connectivity index (χ3n) is 10.7. The number of ketones is 2. The normalized spacial score (nSPS) is 11.6. The number of rotatable bonds is 25. The van der Waals surface area contributed by atoms with E-state index in [2.05, 4.69) is 38.8 Å². The van der Waals surface area contributed by atoms with Crippen molar-refractivity contribution in [2.75, 3.05) is 67.5 Å². The predicted molar refractivity (Wildman–Crippen MR) is 227 cm³/mol. The minimum absolute atomic E-state index is 0.0442. The van der Waals surface area contributed by atoms with Crippen LogP contribution < -0.4 is 10.6 Å². The van der Waals surface area contributed by atoms with Crippen LogP contribution in [0.4, 0.5) is 0 Å². The minimum atomic E-state index is -0.107. The molecule has 0 saturated heterocycles. The molecule has 298 valence electrons. The summed E-state index contributed by atoms with van der Waals surface area (Å²) >= 11 is 0. The maximum Gasteiger partial charge on any atom is 0.251 e. The van der Waals surface area contributed by atoms with Gasteiger partial charge in [-0.05, 0) is 49.9 Å². The Balaban J connectivity index is 0.959. The van der Waals surface area contributed by atoms with Gasteiger partial charge in [0.2, 0.25) is 0 Å². The molecule has 2 N–H and O–H groups in total. The van der Waals surface area contributed by atoms with Gasteiger partial charge in [-0.15, -0.1) is 0 Å². The zero-order valence-electron chi connectivity index (χ0n) is 34.2. The van der Waals surface area contributed by atoms with Gasteiger partial charge in [-0.2, -0.15) is 0 Å². The summed E-state index contributed by atoms with van der Waals surface area (Å²) in [4.78, 5) is 50.7. The Morgan fingerprint density at radius 3 is 0.946 bits per heavy atom. The maximum absolute atomic E-state index is 12.7. The monoisotopic (exact) mass is 760 g/mol. The van der Waals surface area contributed by atoms with E-state index >= 15 is 0 Å². The summed E-state index contributed by atoms with van der Waals surface area (Å²) in [7, 11) is 8.92. The van der Waals surface area contributed by atoms with Crippen LogP contribution in [0, 0.1) is 0 Å². The number of hydrogen-bond donors (Lipinski definition) is 2. The lowest BCUT2D eigenvalue weighted by Crippen LogP contribution is -2.46. The Morgan fingerprint density at radius 2 is 0.625 bits per heavy atom. The Kier molecular flexibility index (Phi) is 17.7. The Bertz CT molecular complexity index is 1670. The highest BCUT2D eigenvalue weighted by atomic mass is 16.2. The van der Waals surface area contributed by atoms with Gasteiger partial charge >= 0.3 is 0 Å². The number of unbranched alkanes of at least 4 members (excludes halogenated alkanes) is 9. The molecule has 0 radical (unpaired) electrons. The van der Waals surface area contributed by atoms with Gasteiger partial charge in [0, 0.05) is 33.4 Å². The first kappa shape index (κ1) is 43.8. The standard InChI is InChI=1S/C48H62N4O4/c1-51(2,37-33-49-47(55)43-29-25-41(26-30-43)45(53)39-21-15-13-16-22-39)35-19-11-9-7-5-6-8-10-12-20-36-52(3,4)38-34-50-48(56)44-31-27-42(28-32-44)46(54)40-23-17-14-18-24-40/h13-18,21-32H,5-12,19-20,33-38H2,1-4H3/p+2. The van der Waals surface area contributed by atoms with E-state index < -0.39 is 0 Å². The Labute approximate surface area is 335 Å². The van der Waals surface area contributed by atoms with Gasteiger partial charge in [-0.3, -0.25) is 19.2 Å². The topological polar surface area (TPSA) is 92.3 Å². The van der Waals surface area contributed by atoms with E-state index in [-0.39, 0.29) is 23.4 Å². The fourth-order valence-electron chi connectivity index (χ4n) is 6.92. The largest absolute Gasteiger partial charge is 0.346 e. The van der Waals surface area contributed by atoms with Crippen LogP contribution in [0.1, 0.15) is 117 Å². The molecule has 0 aliphatic heterocycles. The van der Waals surface area contributed by atoms with Crippen molar-refractivity contribution in [1.29, 1.82) is 0 Å². The molecule has 0 aliphatic rings. The van der Waals surface area contributed by atoms with E-state index in [1.807, 2.05) is 36.4 Å². The maximum atomic E-state index is 12.7. The van der Waals surface area contributed by atoms with Crippen molar-refractivity contribution in [1.82, 2.24) is 10.6 Å². The van der Waals surface area contributed by atoms with Gasteiger partial charge in [-0.1, -0.05) is 123 Å². The lowest BCUT2D eigenvalue weighted by atomic mass is 10.0. The molecular weight excluding hydrogens is 697 g/mol. The number of carbonyl (C=O) groups is 4. The summed E-state index contributed by atoms with van der Waals surface area (Å²) < 4.78 is 1.76. The molecule has 8 nitrogen and oxygen atoms in total. The highest BCUT2D eigenvalue weighted by Crippen LogP contribution is 2.15. The summed E-state index contributed by atoms with van der Waals surface area (Å²) in [5.41, 5.74) is 3.57. The first-order chi connectivity index (χ1) is 26.9. The highest BCUT2D eigenvalue weighted by molar-refractivity contribution is 6.10. The van der Waals surface area contributed by atoms with E-state index in [9.17, 15) is 19.2 Å². The molecule has 0 bridgehead atoms. The number of benzene rings is 4. The van der Waals surface area contributed by atoms with Gasteiger partial charge in [0.05, 0.1) is 67.5 Å². The van der Waals surface area contributed by atoms with Gasteiger partial charge in [0.25, 0.3) is 11.8 Å². The first-order valence-corrected chi connectivity index (χ1v) is 20.5. The van der Waals surface area contributed by atoms with Crippen LogP contribution in [0.15, 0.2) is 109 Å². The number of amides is 2. The Hall–Kier alpha value is -4.92. The second kappa shape index (κ2) is 22.6. The molecular formula is C48H64N4O4+2. The summed E-state index contributed by atoms with van der Waals surface area (Å²) in [5, 5.41) is 6.10. The molecule has 2 amide bonds. The number of nitrogens with zero attached hydrogens (tertiary/aromatic N) is 2. The third kappa shape index (κ3) is 15.3. The van der Waals surface area contributed by atoms with Crippen LogP contribution in [0.25, 0.3) is 0 Å². The van der Waals surface area contributed by atoms with E-state index in [1.165, 1.54) is 64.2 Å². The van der Waals surface area contributed by atoms with Crippen LogP contribution >= 0.6 is 0 Å². The van der Waals surface area contributed by atoms with Crippen molar-refractivity contribution >= 4 is 23.4 Å². The van der Waals surface area contributed by atoms with Crippen molar-refractivity contribution in [3.05, 3.63) is 143 Å². The average molecular weight is 761 g/mol. The van der Waals surface area contributed by atoms with Gasteiger partial charge in [-0.25, -0.2) is 0 Å². The molecule has 0 aromatic heterocycles. The van der Waals surface area contributed by atoms with Crippen molar-refractivity contribution < 1.29 is 28.1 Å². The van der Waals surface area contributed by atoms with Crippen molar-refractivity contribution in [2.24, 2.45) is 0 Å². The first-order valence-electron chi connectivity index (χ1n) is 20.5. The van der Waals surface area contributed by atoms with E-state index in [1.54, 1.807) is 72.8 Å². The molecule has 0 spiro atoms. The van der Waals surface area contributed by atoms with Crippen molar-refractivity contribution in [2.45, 2.75) is 64.2 Å². The molecule has 0 fully saturated rings. The number of quaternary nitrogens is 2. The summed E-state index contributed by atoms with van der Waals surface area (Å²) in [5.74, 6) is -0.303. The van der Waals surface area contributed by atoms with Crippen LogP contribution in [-0.4, -0.2) is 99.8 Å². The summed E-state index contributed by atoms with van der Waals surface area (Å²) in [6.45, 7) is 5.17. The fourth-order valence-corrected chi connectivity index (χ4v) is 6.92. The number of hydrogen-bond acceptors (Lipinski definition) is 4. The fraction of sp³-hybridized carbons (Fsp3) is 0.417. The molecule has 4 rings (SSSR count). The SMILES string of the molecule is C[N+](C)(CCCCCCCCCCCC[N+](C)(C)CCNC(=O)c1ccc(C(=O)c2ccccc2)cc1)CCNC(=O)c1ccc(C(=O)c2ccccc2)cc1. The lowest BCUT2D eigenvalue weighted by Gasteiger charge is -2.30. The number of nitrogens with one attached hydrogen (secondary N) is 2. The molecule has 0 atom stereocenters. The van der Waals surface area contributed by atoms with Gasteiger partial charge < -0.3 is 19.6 Å². The molecule has 0 unspecified atom stereocenters. The molecule has 4 aromatic carbocycles. The van der Waals surface area contributed by atoms with Gasteiger partial charge in [0.15, 0.2) is 11.6 Å². The van der Waals surface area contributed by atoms with Gasteiger partial charge in [0.1, 0.15) is 0 Å². The quantitative estimate of drug-likeness (QED) is 0.0404. The zero-order chi connectivity index (χ0) is 40.2. The lowest BCUT2D eigenvalue weighted by molar-refractivity contribution is -0.889. The van der Waals surface area contributed by atoms with E-state index in [4.69, 9.17) is 0 Å².